The largest absolute Gasteiger partial charge is 0.298 e. The normalized spacial score (nSPS) is 22.2. The lowest BCUT2D eigenvalue weighted by Gasteiger charge is -2.22. The quantitative estimate of drug-likeness (QED) is 0.622. The Bertz CT molecular complexity index is 150. The van der Waals surface area contributed by atoms with Crippen molar-refractivity contribution in [1.82, 2.24) is 0 Å². The average molecular weight is 189 g/mol. The van der Waals surface area contributed by atoms with E-state index >= 15 is 0 Å². The predicted octanol–water partition coefficient (Wildman–Crippen LogP) is 3.15. The molecule has 0 bridgehead atoms. The standard InChI is InChI=1S/C10H17ClO/c1-8(12)10(11)7-9-5-3-2-4-6-9/h9-10H,2-7H2,1H3. The Morgan fingerprint density at radius 3 is 2.50 bits per heavy atom. The summed E-state index contributed by atoms with van der Waals surface area (Å²) in [4.78, 5) is 10.9. The SMILES string of the molecule is CC(=O)C(Cl)CC1CCCCC1. The molecule has 1 atom stereocenters. The highest BCUT2D eigenvalue weighted by Crippen LogP contribution is 2.28. The van der Waals surface area contributed by atoms with Gasteiger partial charge in [-0.05, 0) is 19.3 Å². The fourth-order valence-electron chi connectivity index (χ4n) is 1.88. The van der Waals surface area contributed by atoms with Gasteiger partial charge in [0.2, 0.25) is 0 Å². The third-order valence-corrected chi connectivity index (χ3v) is 3.19. The summed E-state index contributed by atoms with van der Waals surface area (Å²) in [5.41, 5.74) is 0. The Hall–Kier alpha value is -0.0400. The molecule has 0 aliphatic heterocycles. The maximum absolute atomic E-state index is 10.9. The Morgan fingerprint density at radius 1 is 1.42 bits per heavy atom. The molecule has 0 aromatic carbocycles. The van der Waals surface area contributed by atoms with Gasteiger partial charge in [0.25, 0.3) is 0 Å². The van der Waals surface area contributed by atoms with Crippen LogP contribution in [0.3, 0.4) is 0 Å². The summed E-state index contributed by atoms with van der Waals surface area (Å²) in [6.07, 6.45) is 7.46. The van der Waals surface area contributed by atoms with Crippen LogP contribution in [0.5, 0.6) is 0 Å². The van der Waals surface area contributed by atoms with Crippen molar-refractivity contribution in [3.05, 3.63) is 0 Å². The number of carbonyl (C=O) groups is 1. The van der Waals surface area contributed by atoms with Crippen LogP contribution < -0.4 is 0 Å². The van der Waals surface area contributed by atoms with Gasteiger partial charge in [0.05, 0.1) is 5.38 Å². The van der Waals surface area contributed by atoms with Crippen molar-refractivity contribution in [3.63, 3.8) is 0 Å². The molecule has 0 radical (unpaired) electrons. The first-order chi connectivity index (χ1) is 5.70. The molecule has 0 aromatic heterocycles. The van der Waals surface area contributed by atoms with Crippen LogP contribution in [0.4, 0.5) is 0 Å². The monoisotopic (exact) mass is 188 g/mol. The molecule has 1 aliphatic carbocycles. The lowest BCUT2D eigenvalue weighted by Crippen LogP contribution is -2.17. The summed E-state index contributed by atoms with van der Waals surface area (Å²) in [6, 6.07) is 0. The molecule has 0 saturated heterocycles. The van der Waals surface area contributed by atoms with Gasteiger partial charge in [-0.1, -0.05) is 32.1 Å². The van der Waals surface area contributed by atoms with Gasteiger partial charge in [-0.15, -0.1) is 11.6 Å². The first-order valence-corrected chi connectivity index (χ1v) is 5.28. The van der Waals surface area contributed by atoms with Crippen LogP contribution >= 0.6 is 11.6 Å². The predicted molar refractivity (Wildman–Crippen MR) is 51.5 cm³/mol. The zero-order valence-corrected chi connectivity index (χ0v) is 8.44. The third kappa shape index (κ3) is 3.14. The van der Waals surface area contributed by atoms with E-state index in [2.05, 4.69) is 0 Å². The van der Waals surface area contributed by atoms with Crippen molar-refractivity contribution in [2.75, 3.05) is 0 Å². The van der Waals surface area contributed by atoms with Gasteiger partial charge < -0.3 is 0 Å². The van der Waals surface area contributed by atoms with Crippen LogP contribution in [0.15, 0.2) is 0 Å². The highest BCUT2D eigenvalue weighted by Gasteiger charge is 2.19. The molecule has 1 unspecified atom stereocenters. The lowest BCUT2D eigenvalue weighted by atomic mass is 9.85. The number of hydrogen-bond acceptors (Lipinski definition) is 1. The van der Waals surface area contributed by atoms with E-state index < -0.39 is 0 Å². The highest BCUT2D eigenvalue weighted by atomic mass is 35.5. The average Bonchev–Trinajstić information content (AvgIpc) is 2.06. The van der Waals surface area contributed by atoms with E-state index in [4.69, 9.17) is 11.6 Å². The lowest BCUT2D eigenvalue weighted by molar-refractivity contribution is -0.117. The second kappa shape index (κ2) is 4.86. The molecule has 0 amide bonds. The molecular formula is C10H17ClO. The van der Waals surface area contributed by atoms with E-state index in [1.54, 1.807) is 6.92 Å². The molecule has 0 N–H and O–H groups in total. The molecule has 2 heteroatoms. The molecular weight excluding hydrogens is 172 g/mol. The summed E-state index contributed by atoms with van der Waals surface area (Å²) < 4.78 is 0. The molecule has 1 saturated carbocycles. The summed E-state index contributed by atoms with van der Waals surface area (Å²) in [5, 5.41) is -0.229. The van der Waals surface area contributed by atoms with Gasteiger partial charge in [0.15, 0.2) is 0 Å². The topological polar surface area (TPSA) is 17.1 Å². The van der Waals surface area contributed by atoms with Crippen molar-refractivity contribution in [1.29, 1.82) is 0 Å². The zero-order valence-electron chi connectivity index (χ0n) is 7.68. The van der Waals surface area contributed by atoms with E-state index in [0.29, 0.717) is 5.92 Å². The number of rotatable bonds is 3. The molecule has 1 aliphatic rings. The fraction of sp³-hybridized carbons (Fsp3) is 0.900. The maximum atomic E-state index is 10.9. The summed E-state index contributed by atoms with van der Waals surface area (Å²) in [6.45, 7) is 1.58. The van der Waals surface area contributed by atoms with Gasteiger partial charge >= 0.3 is 0 Å². The number of hydrogen-bond donors (Lipinski definition) is 0. The van der Waals surface area contributed by atoms with Gasteiger partial charge in [-0.25, -0.2) is 0 Å². The number of ketones is 1. The van der Waals surface area contributed by atoms with E-state index in [9.17, 15) is 4.79 Å². The van der Waals surface area contributed by atoms with Crippen molar-refractivity contribution < 1.29 is 4.79 Å². The fourth-order valence-corrected chi connectivity index (χ4v) is 2.13. The van der Waals surface area contributed by atoms with Crippen LogP contribution in [-0.2, 0) is 4.79 Å². The Labute approximate surface area is 79.5 Å². The van der Waals surface area contributed by atoms with Crippen molar-refractivity contribution >= 4 is 17.4 Å². The molecule has 12 heavy (non-hydrogen) atoms. The molecule has 0 heterocycles. The first-order valence-electron chi connectivity index (χ1n) is 4.84. The minimum Gasteiger partial charge on any atom is -0.298 e. The minimum absolute atomic E-state index is 0.127. The molecule has 0 aromatic rings. The van der Waals surface area contributed by atoms with Crippen LogP contribution in [-0.4, -0.2) is 11.2 Å². The molecule has 1 fully saturated rings. The second-order valence-electron chi connectivity index (χ2n) is 3.82. The smallest absolute Gasteiger partial charge is 0.147 e. The summed E-state index contributed by atoms with van der Waals surface area (Å²) in [5.74, 6) is 0.840. The van der Waals surface area contributed by atoms with E-state index in [1.807, 2.05) is 0 Å². The van der Waals surface area contributed by atoms with Crippen molar-refractivity contribution in [3.8, 4) is 0 Å². The van der Waals surface area contributed by atoms with Crippen molar-refractivity contribution in [2.24, 2.45) is 5.92 Å². The van der Waals surface area contributed by atoms with E-state index in [1.165, 1.54) is 32.1 Å². The first kappa shape index (κ1) is 10.0. The molecule has 1 rings (SSSR count). The molecule has 70 valence electrons. The zero-order chi connectivity index (χ0) is 8.97. The summed E-state index contributed by atoms with van der Waals surface area (Å²) in [7, 11) is 0. The minimum atomic E-state index is -0.229. The second-order valence-corrected chi connectivity index (χ2v) is 4.34. The number of carbonyl (C=O) groups excluding carboxylic acids is 1. The van der Waals surface area contributed by atoms with Gasteiger partial charge in [-0.2, -0.15) is 0 Å². The molecule has 1 nitrogen and oxygen atoms in total. The Balaban J connectivity index is 2.24. The maximum Gasteiger partial charge on any atom is 0.147 e. The van der Waals surface area contributed by atoms with Crippen molar-refractivity contribution in [2.45, 2.75) is 50.8 Å². The van der Waals surface area contributed by atoms with Crippen LogP contribution in [0.2, 0.25) is 0 Å². The van der Waals surface area contributed by atoms with E-state index in [-0.39, 0.29) is 11.2 Å². The van der Waals surface area contributed by atoms with Crippen LogP contribution in [0, 0.1) is 5.92 Å². The number of alkyl halides is 1. The number of Topliss-reactive ketones (excluding diaryl/α,β-unsaturated/α-hetero) is 1. The van der Waals surface area contributed by atoms with Gasteiger partial charge in [0, 0.05) is 0 Å². The summed E-state index contributed by atoms with van der Waals surface area (Å²) >= 11 is 5.90. The highest BCUT2D eigenvalue weighted by molar-refractivity contribution is 6.30. The number of halogens is 1. The van der Waals surface area contributed by atoms with E-state index in [0.717, 1.165) is 6.42 Å². The van der Waals surface area contributed by atoms with Gasteiger partial charge in [-0.3, -0.25) is 4.79 Å². The van der Waals surface area contributed by atoms with Gasteiger partial charge in [0.1, 0.15) is 5.78 Å². The Morgan fingerprint density at radius 2 is 2.00 bits per heavy atom. The Kier molecular flexibility index (Phi) is 4.07. The third-order valence-electron chi connectivity index (χ3n) is 2.71. The van der Waals surface area contributed by atoms with Crippen LogP contribution in [0.1, 0.15) is 45.4 Å². The molecule has 0 spiro atoms. The van der Waals surface area contributed by atoms with Crippen LogP contribution in [0.25, 0.3) is 0 Å².